The molecule has 0 aromatic heterocycles. The maximum atomic E-state index is 9.46. The molecule has 0 aliphatic carbocycles. The van der Waals surface area contributed by atoms with Crippen LogP contribution in [0.25, 0.3) is 0 Å². The fourth-order valence-corrected chi connectivity index (χ4v) is 0.534. The van der Waals surface area contributed by atoms with Crippen molar-refractivity contribution in [2.24, 2.45) is 0 Å². The first-order chi connectivity index (χ1) is 5.66. The number of benzene rings is 1. The zero-order valence-corrected chi connectivity index (χ0v) is 7.84. The monoisotopic (exact) mass is 186 g/mol. The normalized spacial score (nSPS) is 7.92. The van der Waals surface area contributed by atoms with E-state index in [-0.39, 0.29) is 0 Å². The third-order valence-electron chi connectivity index (χ3n) is 1.05. The first-order valence-electron chi connectivity index (χ1n) is 3.47. The highest BCUT2D eigenvalue weighted by atomic mass is 35.5. The van der Waals surface area contributed by atoms with Crippen molar-refractivity contribution in [2.45, 2.75) is 13.8 Å². The predicted molar refractivity (Wildman–Crippen MR) is 48.8 cm³/mol. The highest BCUT2D eigenvalue weighted by Gasteiger charge is 1.79. The maximum Gasteiger partial charge on any atom is 0.321 e. The minimum Gasteiger partial charge on any atom is -0.348 e. The van der Waals surface area contributed by atoms with E-state index in [1.165, 1.54) is 12.5 Å². The van der Waals surface area contributed by atoms with E-state index in [2.05, 4.69) is 35.2 Å². The zero-order chi connectivity index (χ0) is 9.40. The second kappa shape index (κ2) is 6.68. The van der Waals surface area contributed by atoms with Crippen molar-refractivity contribution in [3.05, 3.63) is 35.9 Å². The summed E-state index contributed by atoms with van der Waals surface area (Å²) in [5.41, 5.74) is 1.32. The third kappa shape index (κ3) is 7.09. The molecule has 0 spiro atoms. The molecular weight excluding hydrogens is 176 g/mol. The highest BCUT2D eigenvalue weighted by molar-refractivity contribution is 6.12. The van der Waals surface area contributed by atoms with Gasteiger partial charge in [-0.1, -0.05) is 35.9 Å². The SMILES string of the molecule is CC(=O)OCl.Cc1ccccc1. The molecule has 0 radical (unpaired) electrons. The third-order valence-corrected chi connectivity index (χ3v) is 1.27. The topological polar surface area (TPSA) is 26.3 Å². The summed E-state index contributed by atoms with van der Waals surface area (Å²) in [5.74, 6) is -0.480. The Morgan fingerprint density at radius 1 is 1.33 bits per heavy atom. The van der Waals surface area contributed by atoms with Crippen LogP contribution in [0, 0.1) is 6.92 Å². The van der Waals surface area contributed by atoms with Gasteiger partial charge in [-0.15, -0.1) is 0 Å². The molecule has 0 amide bonds. The Bertz CT molecular complexity index is 221. The number of rotatable bonds is 0. The molecule has 0 fully saturated rings. The molecule has 0 saturated heterocycles. The summed E-state index contributed by atoms with van der Waals surface area (Å²) < 4.78 is 3.58. The van der Waals surface area contributed by atoms with Crippen molar-refractivity contribution < 1.29 is 9.08 Å². The van der Waals surface area contributed by atoms with E-state index in [1.54, 1.807) is 0 Å². The zero-order valence-electron chi connectivity index (χ0n) is 7.08. The fraction of sp³-hybridized carbons (Fsp3) is 0.222. The van der Waals surface area contributed by atoms with Crippen LogP contribution in [0.4, 0.5) is 0 Å². The van der Waals surface area contributed by atoms with E-state index in [0.29, 0.717) is 0 Å². The molecule has 1 rings (SSSR count). The quantitative estimate of drug-likeness (QED) is 0.623. The fourth-order valence-electron chi connectivity index (χ4n) is 0.534. The number of halogens is 1. The van der Waals surface area contributed by atoms with Crippen LogP contribution >= 0.6 is 11.9 Å². The van der Waals surface area contributed by atoms with Crippen LogP contribution in [0.3, 0.4) is 0 Å². The molecule has 0 heterocycles. The second-order valence-corrected chi connectivity index (χ2v) is 2.38. The summed E-state index contributed by atoms with van der Waals surface area (Å²) in [6.07, 6.45) is 0. The molecule has 12 heavy (non-hydrogen) atoms. The molecule has 0 atom stereocenters. The van der Waals surface area contributed by atoms with Crippen LogP contribution in [0.5, 0.6) is 0 Å². The van der Waals surface area contributed by atoms with Crippen molar-refractivity contribution in [1.82, 2.24) is 0 Å². The van der Waals surface area contributed by atoms with Gasteiger partial charge >= 0.3 is 5.97 Å². The highest BCUT2D eigenvalue weighted by Crippen LogP contribution is 1.92. The average molecular weight is 187 g/mol. The lowest BCUT2D eigenvalue weighted by atomic mass is 10.2. The first-order valence-corrected chi connectivity index (χ1v) is 3.78. The Morgan fingerprint density at radius 2 is 1.75 bits per heavy atom. The van der Waals surface area contributed by atoms with Crippen molar-refractivity contribution in [2.75, 3.05) is 0 Å². The average Bonchev–Trinajstić information content (AvgIpc) is 2.07. The number of hydrogen-bond donors (Lipinski definition) is 0. The summed E-state index contributed by atoms with van der Waals surface area (Å²) in [6, 6.07) is 10.3. The lowest BCUT2D eigenvalue weighted by Crippen LogP contribution is -1.82. The van der Waals surface area contributed by atoms with Gasteiger partial charge in [0.1, 0.15) is 11.9 Å². The van der Waals surface area contributed by atoms with E-state index in [9.17, 15) is 4.79 Å². The summed E-state index contributed by atoms with van der Waals surface area (Å²) in [6.45, 7) is 3.31. The van der Waals surface area contributed by atoms with E-state index < -0.39 is 5.97 Å². The summed E-state index contributed by atoms with van der Waals surface area (Å²) in [7, 11) is 0. The molecule has 0 bridgehead atoms. The molecule has 0 unspecified atom stereocenters. The Kier molecular flexibility index (Phi) is 6.11. The van der Waals surface area contributed by atoms with E-state index in [1.807, 2.05) is 18.2 Å². The lowest BCUT2D eigenvalue weighted by Gasteiger charge is -1.82. The number of aryl methyl sites for hydroxylation is 1. The van der Waals surface area contributed by atoms with Gasteiger partial charge in [-0.2, -0.15) is 0 Å². The predicted octanol–water partition coefficient (Wildman–Crippen LogP) is 2.70. The second-order valence-electron chi connectivity index (χ2n) is 2.22. The molecule has 1 aromatic carbocycles. The van der Waals surface area contributed by atoms with Crippen LogP contribution < -0.4 is 0 Å². The molecule has 3 heteroatoms. The number of carbonyl (C=O) groups is 1. The maximum absolute atomic E-state index is 9.46. The van der Waals surface area contributed by atoms with Gasteiger partial charge in [-0.25, -0.2) is 0 Å². The lowest BCUT2D eigenvalue weighted by molar-refractivity contribution is -0.131. The minimum atomic E-state index is -0.480. The Labute approximate surface area is 77.3 Å². The van der Waals surface area contributed by atoms with Gasteiger partial charge in [-0.05, 0) is 6.92 Å². The van der Waals surface area contributed by atoms with Gasteiger partial charge in [0, 0.05) is 6.92 Å². The van der Waals surface area contributed by atoms with Gasteiger partial charge in [0.2, 0.25) is 0 Å². The molecule has 0 aliphatic rings. The van der Waals surface area contributed by atoms with Crippen LogP contribution in [0.2, 0.25) is 0 Å². The van der Waals surface area contributed by atoms with Crippen LogP contribution in [-0.2, 0) is 9.08 Å². The van der Waals surface area contributed by atoms with Gasteiger partial charge < -0.3 is 4.29 Å². The molecule has 0 saturated carbocycles. The summed E-state index contributed by atoms with van der Waals surface area (Å²) in [5, 5.41) is 0. The molecule has 2 nitrogen and oxygen atoms in total. The smallest absolute Gasteiger partial charge is 0.321 e. The molecule has 66 valence electrons. The van der Waals surface area contributed by atoms with Crippen molar-refractivity contribution in [3.63, 3.8) is 0 Å². The minimum absolute atomic E-state index is 0.480. The molecule has 0 aliphatic heterocycles. The van der Waals surface area contributed by atoms with Gasteiger partial charge in [0.05, 0.1) is 0 Å². The molecule has 1 aromatic rings. The first kappa shape index (κ1) is 11.0. The molecule has 0 N–H and O–H groups in total. The summed E-state index contributed by atoms with van der Waals surface area (Å²) in [4.78, 5) is 9.46. The Morgan fingerprint density at radius 3 is 1.92 bits per heavy atom. The van der Waals surface area contributed by atoms with Crippen LogP contribution in [0.1, 0.15) is 12.5 Å². The van der Waals surface area contributed by atoms with Crippen LogP contribution in [0.15, 0.2) is 30.3 Å². The van der Waals surface area contributed by atoms with Crippen molar-refractivity contribution in [1.29, 1.82) is 0 Å². The van der Waals surface area contributed by atoms with E-state index in [4.69, 9.17) is 0 Å². The Balaban J connectivity index is 0.000000217. The van der Waals surface area contributed by atoms with E-state index >= 15 is 0 Å². The number of carbonyl (C=O) groups excluding carboxylic acids is 1. The van der Waals surface area contributed by atoms with Gasteiger partial charge in [0.15, 0.2) is 0 Å². The van der Waals surface area contributed by atoms with Crippen molar-refractivity contribution >= 4 is 17.8 Å². The Hall–Kier alpha value is -1.02. The molecular formula is C9H11ClO2. The summed E-state index contributed by atoms with van der Waals surface area (Å²) >= 11 is 4.49. The van der Waals surface area contributed by atoms with Gasteiger partial charge in [-0.3, -0.25) is 4.79 Å². The van der Waals surface area contributed by atoms with Crippen LogP contribution in [-0.4, -0.2) is 5.97 Å². The van der Waals surface area contributed by atoms with Crippen molar-refractivity contribution in [3.8, 4) is 0 Å². The van der Waals surface area contributed by atoms with Gasteiger partial charge in [0.25, 0.3) is 0 Å². The van der Waals surface area contributed by atoms with E-state index in [0.717, 1.165) is 0 Å². The standard InChI is InChI=1S/C7H8.C2H3ClO2/c1-7-5-3-2-4-6-7;1-2(4)5-3/h2-6H,1H3;1H3. The largest absolute Gasteiger partial charge is 0.348 e. The number of hydrogen-bond acceptors (Lipinski definition) is 2.